The lowest BCUT2D eigenvalue weighted by Crippen LogP contribution is -2.15. The summed E-state index contributed by atoms with van der Waals surface area (Å²) in [6.45, 7) is 4.25. The molecular formula is C10H15BrClN. The van der Waals surface area contributed by atoms with Gasteiger partial charge in [0.25, 0.3) is 0 Å². The molecule has 0 unspecified atom stereocenters. The van der Waals surface area contributed by atoms with Crippen LogP contribution < -0.4 is 5.32 Å². The van der Waals surface area contributed by atoms with Crippen LogP contribution in [0.1, 0.15) is 12.5 Å². The summed E-state index contributed by atoms with van der Waals surface area (Å²) in [5, 5.41) is 3.30. The van der Waals surface area contributed by atoms with Crippen molar-refractivity contribution < 1.29 is 0 Å². The summed E-state index contributed by atoms with van der Waals surface area (Å²) in [4.78, 5) is 0. The van der Waals surface area contributed by atoms with Gasteiger partial charge in [-0.2, -0.15) is 0 Å². The van der Waals surface area contributed by atoms with E-state index >= 15 is 0 Å². The minimum absolute atomic E-state index is 0. The van der Waals surface area contributed by atoms with E-state index in [1.165, 1.54) is 5.56 Å². The van der Waals surface area contributed by atoms with Crippen LogP contribution in [0.25, 0.3) is 0 Å². The van der Waals surface area contributed by atoms with Gasteiger partial charge in [0.2, 0.25) is 0 Å². The van der Waals surface area contributed by atoms with Crippen LogP contribution in [0.15, 0.2) is 28.7 Å². The van der Waals surface area contributed by atoms with Crippen LogP contribution in [0.2, 0.25) is 0 Å². The van der Waals surface area contributed by atoms with E-state index in [4.69, 9.17) is 0 Å². The van der Waals surface area contributed by atoms with Crippen LogP contribution in [0.5, 0.6) is 0 Å². The van der Waals surface area contributed by atoms with Crippen LogP contribution in [0, 0.1) is 0 Å². The van der Waals surface area contributed by atoms with E-state index in [1.54, 1.807) is 0 Å². The Morgan fingerprint density at radius 2 is 1.85 bits per heavy atom. The van der Waals surface area contributed by atoms with Crippen molar-refractivity contribution in [2.45, 2.75) is 13.3 Å². The van der Waals surface area contributed by atoms with Gasteiger partial charge in [0, 0.05) is 4.47 Å². The summed E-state index contributed by atoms with van der Waals surface area (Å²) in [6.07, 6.45) is 1.11. The molecular weight excluding hydrogens is 249 g/mol. The molecule has 1 N–H and O–H groups in total. The topological polar surface area (TPSA) is 12.0 Å². The van der Waals surface area contributed by atoms with Gasteiger partial charge in [0.1, 0.15) is 0 Å². The molecule has 0 amide bonds. The standard InChI is InChI=1S/C10H14BrN.ClH/c1-2-12-8-7-9-3-5-10(11)6-4-9;/h3-6,12H,2,7-8H2,1H3;1H. The fourth-order valence-corrected chi connectivity index (χ4v) is 1.32. The molecule has 0 aliphatic rings. The largest absolute Gasteiger partial charge is 0.317 e. The van der Waals surface area contributed by atoms with Crippen molar-refractivity contribution >= 4 is 28.3 Å². The summed E-state index contributed by atoms with van der Waals surface area (Å²) in [5.41, 5.74) is 1.39. The zero-order valence-corrected chi connectivity index (χ0v) is 10.1. The third-order valence-corrected chi connectivity index (χ3v) is 2.28. The Balaban J connectivity index is 0.00000144. The zero-order chi connectivity index (χ0) is 8.81. The molecule has 0 aliphatic heterocycles. The Hall–Kier alpha value is -0.0500. The first-order valence-electron chi connectivity index (χ1n) is 4.28. The highest BCUT2D eigenvalue weighted by atomic mass is 79.9. The molecule has 3 heteroatoms. The van der Waals surface area contributed by atoms with Gasteiger partial charge in [-0.3, -0.25) is 0 Å². The summed E-state index contributed by atoms with van der Waals surface area (Å²) in [6, 6.07) is 8.48. The number of hydrogen-bond donors (Lipinski definition) is 1. The molecule has 1 aromatic rings. The lowest BCUT2D eigenvalue weighted by molar-refractivity contribution is 0.716. The van der Waals surface area contributed by atoms with E-state index in [0.29, 0.717) is 0 Å². The van der Waals surface area contributed by atoms with Crippen LogP contribution in [0.4, 0.5) is 0 Å². The highest BCUT2D eigenvalue weighted by molar-refractivity contribution is 9.10. The van der Waals surface area contributed by atoms with Gasteiger partial charge in [-0.05, 0) is 37.2 Å². The van der Waals surface area contributed by atoms with E-state index < -0.39 is 0 Å². The van der Waals surface area contributed by atoms with Gasteiger partial charge in [-0.1, -0.05) is 35.0 Å². The fraction of sp³-hybridized carbons (Fsp3) is 0.400. The SMILES string of the molecule is CCNCCc1ccc(Br)cc1.Cl. The van der Waals surface area contributed by atoms with E-state index in [1.807, 2.05) is 0 Å². The number of halogens is 2. The molecule has 0 radical (unpaired) electrons. The maximum absolute atomic E-state index is 3.41. The predicted molar refractivity (Wildman–Crippen MR) is 63.6 cm³/mol. The first kappa shape index (κ1) is 12.9. The van der Waals surface area contributed by atoms with Gasteiger partial charge in [0.15, 0.2) is 0 Å². The molecule has 0 spiro atoms. The fourth-order valence-electron chi connectivity index (χ4n) is 1.06. The van der Waals surface area contributed by atoms with Crippen molar-refractivity contribution in [2.75, 3.05) is 13.1 Å². The monoisotopic (exact) mass is 263 g/mol. The van der Waals surface area contributed by atoms with Crippen LogP contribution in [0.3, 0.4) is 0 Å². The second-order valence-corrected chi connectivity index (χ2v) is 3.65. The van der Waals surface area contributed by atoms with Gasteiger partial charge in [-0.15, -0.1) is 12.4 Å². The normalized spacial score (nSPS) is 9.38. The summed E-state index contributed by atoms with van der Waals surface area (Å²) in [5.74, 6) is 0. The molecule has 0 saturated heterocycles. The highest BCUT2D eigenvalue weighted by Crippen LogP contribution is 2.10. The maximum atomic E-state index is 3.41. The third kappa shape index (κ3) is 5.29. The Morgan fingerprint density at radius 3 is 2.38 bits per heavy atom. The Bertz CT molecular complexity index is 223. The Kier molecular flexibility index (Phi) is 7.33. The van der Waals surface area contributed by atoms with Crippen molar-refractivity contribution in [1.82, 2.24) is 5.32 Å². The van der Waals surface area contributed by atoms with Crippen LogP contribution in [-0.4, -0.2) is 13.1 Å². The number of nitrogens with one attached hydrogen (secondary N) is 1. The number of hydrogen-bond acceptors (Lipinski definition) is 1. The predicted octanol–water partition coefficient (Wildman–Crippen LogP) is 3.02. The van der Waals surface area contributed by atoms with Crippen LogP contribution >= 0.6 is 28.3 Å². The second-order valence-electron chi connectivity index (χ2n) is 2.73. The molecule has 0 aliphatic carbocycles. The van der Waals surface area contributed by atoms with E-state index in [2.05, 4.69) is 52.4 Å². The van der Waals surface area contributed by atoms with Gasteiger partial charge < -0.3 is 5.32 Å². The maximum Gasteiger partial charge on any atom is 0.0175 e. The van der Waals surface area contributed by atoms with Gasteiger partial charge >= 0.3 is 0 Å². The first-order valence-corrected chi connectivity index (χ1v) is 5.07. The Labute approximate surface area is 94.5 Å². The summed E-state index contributed by atoms with van der Waals surface area (Å²) >= 11 is 3.41. The molecule has 1 rings (SSSR count). The summed E-state index contributed by atoms with van der Waals surface area (Å²) < 4.78 is 1.15. The third-order valence-electron chi connectivity index (χ3n) is 1.75. The van der Waals surface area contributed by atoms with Crippen molar-refractivity contribution in [1.29, 1.82) is 0 Å². The lowest BCUT2D eigenvalue weighted by Gasteiger charge is -2.01. The average Bonchev–Trinajstić information content (AvgIpc) is 2.09. The van der Waals surface area contributed by atoms with E-state index in [-0.39, 0.29) is 12.4 Å². The molecule has 0 bridgehead atoms. The van der Waals surface area contributed by atoms with Gasteiger partial charge in [-0.25, -0.2) is 0 Å². The van der Waals surface area contributed by atoms with Gasteiger partial charge in [0.05, 0.1) is 0 Å². The van der Waals surface area contributed by atoms with Crippen molar-refractivity contribution in [2.24, 2.45) is 0 Å². The lowest BCUT2D eigenvalue weighted by atomic mass is 10.1. The smallest absolute Gasteiger partial charge is 0.0175 e. The highest BCUT2D eigenvalue weighted by Gasteiger charge is 1.91. The van der Waals surface area contributed by atoms with E-state index in [9.17, 15) is 0 Å². The van der Waals surface area contributed by atoms with Crippen molar-refractivity contribution in [3.63, 3.8) is 0 Å². The van der Waals surface area contributed by atoms with Crippen molar-refractivity contribution in [3.05, 3.63) is 34.3 Å². The van der Waals surface area contributed by atoms with E-state index in [0.717, 1.165) is 24.0 Å². The van der Waals surface area contributed by atoms with Crippen molar-refractivity contribution in [3.8, 4) is 0 Å². The molecule has 13 heavy (non-hydrogen) atoms. The molecule has 74 valence electrons. The van der Waals surface area contributed by atoms with Crippen LogP contribution in [-0.2, 0) is 6.42 Å². The number of rotatable bonds is 4. The quantitative estimate of drug-likeness (QED) is 0.825. The number of benzene rings is 1. The molecule has 0 atom stereocenters. The molecule has 1 nitrogen and oxygen atoms in total. The first-order chi connectivity index (χ1) is 5.83. The molecule has 0 heterocycles. The molecule has 0 aromatic heterocycles. The Morgan fingerprint density at radius 1 is 1.23 bits per heavy atom. The molecule has 1 aromatic carbocycles. The summed E-state index contributed by atoms with van der Waals surface area (Å²) in [7, 11) is 0. The number of likely N-dealkylation sites (N-methyl/N-ethyl adjacent to an activating group) is 1. The minimum atomic E-state index is 0. The average molecular weight is 265 g/mol. The molecule has 0 fully saturated rings. The minimum Gasteiger partial charge on any atom is -0.317 e. The molecule has 0 saturated carbocycles. The zero-order valence-electron chi connectivity index (χ0n) is 7.72. The second kappa shape index (κ2) is 7.36.